The maximum Gasteiger partial charge on any atom is 0.147 e. The lowest BCUT2D eigenvalue weighted by Crippen LogP contribution is -2.33. The molecule has 1 aliphatic rings. The van der Waals surface area contributed by atoms with Crippen LogP contribution in [0.1, 0.15) is 17.3 Å². The first kappa shape index (κ1) is 13.5. The van der Waals surface area contributed by atoms with Crippen molar-refractivity contribution in [2.24, 2.45) is 0 Å². The van der Waals surface area contributed by atoms with Gasteiger partial charge in [-0.25, -0.2) is 14.6 Å². The average Bonchev–Trinajstić information content (AvgIpc) is 3.13. The topological polar surface area (TPSA) is 59.7 Å². The van der Waals surface area contributed by atoms with E-state index in [9.17, 15) is 0 Å². The summed E-state index contributed by atoms with van der Waals surface area (Å²) in [7, 11) is 0. The van der Waals surface area contributed by atoms with Crippen molar-refractivity contribution in [2.75, 3.05) is 6.54 Å². The minimum absolute atomic E-state index is 0.831. The van der Waals surface area contributed by atoms with Gasteiger partial charge in [0.1, 0.15) is 16.7 Å². The van der Waals surface area contributed by atoms with Crippen molar-refractivity contribution in [1.29, 1.82) is 0 Å². The number of aromatic nitrogens is 5. The summed E-state index contributed by atoms with van der Waals surface area (Å²) < 4.78 is 2.01. The first-order chi connectivity index (χ1) is 10.8. The average molecular weight is 312 g/mol. The van der Waals surface area contributed by atoms with Gasteiger partial charge in [-0.2, -0.15) is 5.10 Å². The molecule has 0 amide bonds. The van der Waals surface area contributed by atoms with E-state index in [0.29, 0.717) is 0 Å². The Kier molecular flexibility index (Phi) is 3.44. The summed E-state index contributed by atoms with van der Waals surface area (Å²) in [5, 5.41) is 7.49. The molecule has 7 heteroatoms. The third kappa shape index (κ3) is 2.65. The number of thiazole rings is 1. The molecule has 0 unspecified atom stereocenters. The van der Waals surface area contributed by atoms with Crippen molar-refractivity contribution in [3.63, 3.8) is 0 Å². The number of nitrogens with zero attached hydrogens (tertiary/aromatic N) is 6. The molecule has 0 aliphatic carbocycles. The summed E-state index contributed by atoms with van der Waals surface area (Å²) in [5.74, 6) is 1.90. The van der Waals surface area contributed by atoms with Gasteiger partial charge >= 0.3 is 0 Å². The van der Waals surface area contributed by atoms with Crippen LogP contribution < -0.4 is 0 Å². The van der Waals surface area contributed by atoms with E-state index in [4.69, 9.17) is 4.98 Å². The number of pyridine rings is 1. The second-order valence-electron chi connectivity index (χ2n) is 5.37. The van der Waals surface area contributed by atoms with Crippen LogP contribution in [0.4, 0.5) is 0 Å². The molecule has 0 spiro atoms. The van der Waals surface area contributed by atoms with Gasteiger partial charge in [0.05, 0.1) is 24.5 Å². The zero-order valence-corrected chi connectivity index (χ0v) is 13.1. The van der Waals surface area contributed by atoms with Crippen LogP contribution >= 0.6 is 11.3 Å². The van der Waals surface area contributed by atoms with E-state index in [2.05, 4.69) is 25.3 Å². The lowest BCUT2D eigenvalue weighted by Gasteiger charge is -2.25. The monoisotopic (exact) mass is 312 g/mol. The summed E-state index contributed by atoms with van der Waals surface area (Å²) in [6.45, 7) is 5.49. The Morgan fingerprint density at radius 1 is 1.23 bits per heavy atom. The highest BCUT2D eigenvalue weighted by Crippen LogP contribution is 2.23. The minimum atomic E-state index is 0.831. The highest BCUT2D eigenvalue weighted by atomic mass is 32.1. The van der Waals surface area contributed by atoms with Gasteiger partial charge in [0, 0.05) is 24.7 Å². The van der Waals surface area contributed by atoms with Gasteiger partial charge in [-0.05, 0) is 19.1 Å². The van der Waals surface area contributed by atoms with Crippen molar-refractivity contribution in [1.82, 2.24) is 29.6 Å². The molecular formula is C15H16N6S. The van der Waals surface area contributed by atoms with E-state index in [1.807, 2.05) is 29.8 Å². The number of hydrogen-bond acceptors (Lipinski definition) is 6. The van der Waals surface area contributed by atoms with E-state index in [1.165, 1.54) is 0 Å². The van der Waals surface area contributed by atoms with Crippen LogP contribution in [0, 0.1) is 6.92 Å². The van der Waals surface area contributed by atoms with Crippen molar-refractivity contribution in [3.8, 4) is 10.7 Å². The van der Waals surface area contributed by atoms with Gasteiger partial charge in [-0.3, -0.25) is 9.88 Å². The number of hydrogen-bond donors (Lipinski definition) is 0. The first-order valence-corrected chi connectivity index (χ1v) is 8.14. The molecule has 4 heterocycles. The Morgan fingerprint density at radius 2 is 2.18 bits per heavy atom. The molecule has 6 nitrogen and oxygen atoms in total. The lowest BCUT2D eigenvalue weighted by atomic mass is 10.3. The molecule has 3 aromatic rings. The Morgan fingerprint density at radius 3 is 3.05 bits per heavy atom. The summed E-state index contributed by atoms with van der Waals surface area (Å²) >= 11 is 1.65. The summed E-state index contributed by atoms with van der Waals surface area (Å²) in [6, 6.07) is 5.90. The molecule has 0 bridgehead atoms. The first-order valence-electron chi connectivity index (χ1n) is 7.26. The molecule has 0 aromatic carbocycles. The van der Waals surface area contributed by atoms with Crippen LogP contribution in [0.3, 0.4) is 0 Å². The van der Waals surface area contributed by atoms with Crippen LogP contribution in [0.15, 0.2) is 29.8 Å². The van der Waals surface area contributed by atoms with E-state index < -0.39 is 0 Å². The van der Waals surface area contributed by atoms with Gasteiger partial charge in [0.25, 0.3) is 0 Å². The molecule has 0 radical (unpaired) electrons. The maximum absolute atomic E-state index is 4.71. The summed E-state index contributed by atoms with van der Waals surface area (Å²) in [6.07, 6.45) is 1.80. The Bertz CT molecular complexity index is 778. The van der Waals surface area contributed by atoms with E-state index in [-0.39, 0.29) is 0 Å². The van der Waals surface area contributed by atoms with Gasteiger partial charge < -0.3 is 0 Å². The molecule has 0 fully saturated rings. The number of rotatable bonds is 3. The van der Waals surface area contributed by atoms with Crippen molar-refractivity contribution < 1.29 is 0 Å². The molecule has 3 aromatic heterocycles. The van der Waals surface area contributed by atoms with Gasteiger partial charge in [-0.15, -0.1) is 11.3 Å². The predicted octanol–water partition coefficient (Wildman–Crippen LogP) is 2.12. The summed E-state index contributed by atoms with van der Waals surface area (Å²) in [4.78, 5) is 15.9. The van der Waals surface area contributed by atoms with Crippen LogP contribution in [-0.4, -0.2) is 36.2 Å². The largest absolute Gasteiger partial charge is 0.288 e. The quantitative estimate of drug-likeness (QED) is 0.741. The molecule has 4 rings (SSSR count). The van der Waals surface area contributed by atoms with Crippen molar-refractivity contribution in [2.45, 2.75) is 26.6 Å². The predicted molar refractivity (Wildman–Crippen MR) is 84.2 cm³/mol. The smallest absolute Gasteiger partial charge is 0.147 e. The second kappa shape index (κ2) is 5.58. The molecule has 112 valence electrons. The highest BCUT2D eigenvalue weighted by molar-refractivity contribution is 7.13. The molecule has 0 saturated carbocycles. The van der Waals surface area contributed by atoms with Crippen LogP contribution in [0.2, 0.25) is 0 Å². The SMILES string of the molecule is Cc1nc2n(n1)CCN(Cc1csc(-c3ccccn3)n1)C2. The van der Waals surface area contributed by atoms with Crippen molar-refractivity contribution >= 4 is 11.3 Å². The number of fused-ring (bicyclic) bond motifs is 1. The van der Waals surface area contributed by atoms with E-state index >= 15 is 0 Å². The van der Waals surface area contributed by atoms with Gasteiger partial charge in [0.15, 0.2) is 0 Å². The minimum Gasteiger partial charge on any atom is -0.288 e. The lowest BCUT2D eigenvalue weighted by molar-refractivity contribution is 0.199. The zero-order chi connectivity index (χ0) is 14.9. The Hall–Kier alpha value is -2.12. The fourth-order valence-electron chi connectivity index (χ4n) is 2.66. The van der Waals surface area contributed by atoms with Crippen LogP contribution in [0.5, 0.6) is 0 Å². The Balaban J connectivity index is 1.47. The molecule has 22 heavy (non-hydrogen) atoms. The summed E-state index contributed by atoms with van der Waals surface area (Å²) in [5.41, 5.74) is 2.03. The second-order valence-corrected chi connectivity index (χ2v) is 6.23. The fraction of sp³-hybridized carbons (Fsp3) is 0.333. The molecule has 0 N–H and O–H groups in total. The van der Waals surface area contributed by atoms with Crippen LogP contribution in [-0.2, 0) is 19.6 Å². The van der Waals surface area contributed by atoms with Gasteiger partial charge in [-0.1, -0.05) is 6.07 Å². The maximum atomic E-state index is 4.71. The standard InChI is InChI=1S/C15H16N6S/c1-11-17-14-9-20(6-7-21(14)19-11)8-12-10-22-15(18-12)13-4-2-3-5-16-13/h2-5,10H,6-9H2,1H3. The molecule has 0 saturated heterocycles. The molecule has 0 atom stereocenters. The fourth-order valence-corrected chi connectivity index (χ4v) is 3.45. The van der Waals surface area contributed by atoms with Gasteiger partial charge in [0.2, 0.25) is 0 Å². The molecule has 1 aliphatic heterocycles. The zero-order valence-electron chi connectivity index (χ0n) is 12.3. The van der Waals surface area contributed by atoms with Crippen molar-refractivity contribution in [3.05, 3.63) is 47.1 Å². The van der Waals surface area contributed by atoms with Crippen LogP contribution in [0.25, 0.3) is 10.7 Å². The molecular weight excluding hydrogens is 296 g/mol. The van der Waals surface area contributed by atoms with E-state index in [0.717, 1.165) is 54.2 Å². The number of aryl methyl sites for hydroxylation is 1. The Labute approximate surface area is 132 Å². The normalized spacial score (nSPS) is 15.0. The third-order valence-corrected chi connectivity index (χ3v) is 4.58. The highest BCUT2D eigenvalue weighted by Gasteiger charge is 2.19. The third-order valence-electron chi connectivity index (χ3n) is 3.67. The van der Waals surface area contributed by atoms with E-state index in [1.54, 1.807) is 17.5 Å².